The number of aryl methyl sites for hydroxylation is 2. The third-order valence-electron chi connectivity index (χ3n) is 7.54. The van der Waals surface area contributed by atoms with Crippen molar-refractivity contribution in [2.45, 2.75) is 66.2 Å². The van der Waals surface area contributed by atoms with Gasteiger partial charge in [0.1, 0.15) is 22.3 Å². The Bertz CT molecular complexity index is 972. The second-order valence-electron chi connectivity index (χ2n) is 11.3. The fourth-order valence-corrected chi connectivity index (χ4v) is 5.32. The van der Waals surface area contributed by atoms with E-state index < -0.39 is 0 Å². The number of hydrogen-bond donors (Lipinski definition) is 0. The van der Waals surface area contributed by atoms with Gasteiger partial charge in [0, 0.05) is 31.8 Å². The maximum absolute atomic E-state index is 13.2. The van der Waals surface area contributed by atoms with Crippen molar-refractivity contribution in [1.29, 1.82) is 0 Å². The highest BCUT2D eigenvalue weighted by molar-refractivity contribution is 6.31. The van der Waals surface area contributed by atoms with Gasteiger partial charge >= 0.3 is 0 Å². The van der Waals surface area contributed by atoms with Crippen molar-refractivity contribution in [1.82, 2.24) is 24.7 Å². The zero-order chi connectivity index (χ0) is 23.8. The van der Waals surface area contributed by atoms with Crippen molar-refractivity contribution < 1.29 is 9.32 Å². The Morgan fingerprint density at radius 3 is 2.36 bits per heavy atom. The molecule has 1 amide bonds. The summed E-state index contributed by atoms with van der Waals surface area (Å²) in [6, 6.07) is 1.82. The second kappa shape index (κ2) is 9.41. The maximum atomic E-state index is 13.2. The molecular formula is C25H38ClN5O2. The van der Waals surface area contributed by atoms with E-state index in [1.54, 1.807) is 11.7 Å². The number of aromatic nitrogens is 3. The van der Waals surface area contributed by atoms with E-state index >= 15 is 0 Å². The van der Waals surface area contributed by atoms with E-state index in [9.17, 15) is 4.79 Å². The molecule has 4 rings (SSSR count). The number of halogens is 1. The van der Waals surface area contributed by atoms with Crippen LogP contribution in [0.15, 0.2) is 10.6 Å². The van der Waals surface area contributed by atoms with Crippen molar-refractivity contribution in [2.75, 3.05) is 32.7 Å². The minimum atomic E-state index is 0.115. The van der Waals surface area contributed by atoms with E-state index in [0.717, 1.165) is 31.5 Å². The van der Waals surface area contributed by atoms with E-state index in [4.69, 9.17) is 16.1 Å². The van der Waals surface area contributed by atoms with Gasteiger partial charge in [0.25, 0.3) is 0 Å². The predicted molar refractivity (Wildman–Crippen MR) is 130 cm³/mol. The summed E-state index contributed by atoms with van der Waals surface area (Å²) in [5, 5.41) is 9.04. The van der Waals surface area contributed by atoms with E-state index in [1.807, 2.05) is 17.9 Å². The first-order chi connectivity index (χ1) is 15.6. The normalized spacial score (nSPS) is 19.4. The van der Waals surface area contributed by atoms with Gasteiger partial charge in [0.2, 0.25) is 5.91 Å². The zero-order valence-electron chi connectivity index (χ0n) is 20.8. The lowest BCUT2D eigenvalue weighted by Crippen LogP contribution is -2.48. The number of nitrogens with zero attached hydrogens (tertiary/aromatic N) is 5. The Labute approximate surface area is 202 Å². The van der Waals surface area contributed by atoms with Crippen molar-refractivity contribution >= 4 is 17.5 Å². The van der Waals surface area contributed by atoms with Gasteiger partial charge in [-0.05, 0) is 69.5 Å². The molecule has 0 N–H and O–H groups in total. The predicted octanol–water partition coefficient (Wildman–Crippen LogP) is 4.72. The first kappa shape index (κ1) is 24.3. The molecule has 2 aromatic heterocycles. The summed E-state index contributed by atoms with van der Waals surface area (Å²) >= 11 is 6.50. The SMILES string of the molecule is Cc1cc(-c2nn(C)c(Cl)c2CC(=O)N2CCC3(CCN(CCC(C)(C)C)CC3)CC2)no1. The van der Waals surface area contributed by atoms with Crippen LogP contribution in [0.1, 0.15) is 64.2 Å². The van der Waals surface area contributed by atoms with Crippen LogP contribution in [0.4, 0.5) is 0 Å². The number of rotatable bonds is 5. The third kappa shape index (κ3) is 5.62. The summed E-state index contributed by atoms with van der Waals surface area (Å²) in [7, 11) is 1.78. The van der Waals surface area contributed by atoms with Gasteiger partial charge in [-0.25, -0.2) is 0 Å². The number of hydrogen-bond acceptors (Lipinski definition) is 5. The minimum Gasteiger partial charge on any atom is -0.361 e. The molecule has 0 aliphatic carbocycles. The van der Waals surface area contributed by atoms with Crippen molar-refractivity contribution in [3.05, 3.63) is 22.5 Å². The van der Waals surface area contributed by atoms with Gasteiger partial charge in [-0.1, -0.05) is 37.5 Å². The molecule has 2 aromatic rings. The van der Waals surface area contributed by atoms with Crippen molar-refractivity contribution in [2.24, 2.45) is 17.9 Å². The molecule has 0 radical (unpaired) electrons. The highest BCUT2D eigenvalue weighted by Gasteiger charge is 2.38. The van der Waals surface area contributed by atoms with Crippen molar-refractivity contribution in [3.63, 3.8) is 0 Å². The highest BCUT2D eigenvalue weighted by Crippen LogP contribution is 2.41. The van der Waals surface area contributed by atoms with Gasteiger partial charge in [-0.15, -0.1) is 0 Å². The van der Waals surface area contributed by atoms with E-state index in [-0.39, 0.29) is 12.3 Å². The summed E-state index contributed by atoms with van der Waals surface area (Å²) in [6.07, 6.45) is 6.19. The van der Waals surface area contributed by atoms with Crippen LogP contribution < -0.4 is 0 Å². The number of amides is 1. The summed E-state index contributed by atoms with van der Waals surface area (Å²) in [5.41, 5.74) is 2.77. The lowest BCUT2D eigenvalue weighted by Gasteiger charge is -2.47. The Morgan fingerprint density at radius 1 is 1.15 bits per heavy atom. The van der Waals surface area contributed by atoms with Crippen LogP contribution in [-0.2, 0) is 18.3 Å². The fourth-order valence-electron chi connectivity index (χ4n) is 5.13. The molecular weight excluding hydrogens is 438 g/mol. The average Bonchev–Trinajstić information content (AvgIpc) is 3.31. The molecule has 2 fully saturated rings. The van der Waals surface area contributed by atoms with Gasteiger partial charge in [-0.3, -0.25) is 9.48 Å². The monoisotopic (exact) mass is 475 g/mol. The molecule has 0 unspecified atom stereocenters. The molecule has 33 heavy (non-hydrogen) atoms. The van der Waals surface area contributed by atoms with Crippen LogP contribution in [0.2, 0.25) is 5.15 Å². The first-order valence-electron chi connectivity index (χ1n) is 12.2. The largest absolute Gasteiger partial charge is 0.361 e. The highest BCUT2D eigenvalue weighted by atomic mass is 35.5. The summed E-state index contributed by atoms with van der Waals surface area (Å²) in [4.78, 5) is 17.8. The summed E-state index contributed by atoms with van der Waals surface area (Å²) in [5.74, 6) is 0.818. The van der Waals surface area contributed by atoms with Crippen LogP contribution >= 0.6 is 11.6 Å². The van der Waals surface area contributed by atoms with Crippen LogP contribution in [0.3, 0.4) is 0 Å². The molecule has 0 atom stereocenters. The average molecular weight is 476 g/mol. The van der Waals surface area contributed by atoms with E-state index in [2.05, 4.69) is 35.9 Å². The smallest absolute Gasteiger partial charge is 0.227 e. The van der Waals surface area contributed by atoms with E-state index in [1.165, 1.54) is 38.9 Å². The lowest BCUT2D eigenvalue weighted by atomic mass is 9.71. The Balaban J connectivity index is 1.33. The van der Waals surface area contributed by atoms with Gasteiger partial charge in [-0.2, -0.15) is 5.10 Å². The summed E-state index contributed by atoms with van der Waals surface area (Å²) in [6.45, 7) is 14.0. The van der Waals surface area contributed by atoms with Crippen LogP contribution in [0.5, 0.6) is 0 Å². The molecule has 2 aliphatic rings. The molecule has 182 valence electrons. The molecule has 2 saturated heterocycles. The molecule has 7 nitrogen and oxygen atoms in total. The fraction of sp³-hybridized carbons (Fsp3) is 0.720. The Morgan fingerprint density at radius 2 is 1.79 bits per heavy atom. The number of carbonyl (C=O) groups excluding carboxylic acids is 1. The van der Waals surface area contributed by atoms with Gasteiger partial charge < -0.3 is 14.3 Å². The van der Waals surface area contributed by atoms with Gasteiger partial charge in [0.15, 0.2) is 0 Å². The summed E-state index contributed by atoms with van der Waals surface area (Å²) < 4.78 is 6.81. The molecule has 0 bridgehead atoms. The lowest BCUT2D eigenvalue weighted by molar-refractivity contribution is -0.133. The molecule has 8 heteroatoms. The molecule has 1 spiro atoms. The quantitative estimate of drug-likeness (QED) is 0.625. The number of likely N-dealkylation sites (tertiary alicyclic amines) is 2. The standard InChI is InChI=1S/C25H38ClN5O2/c1-18-16-20(28-33-18)22-19(23(26)29(5)27-22)17-21(32)31-14-9-25(10-15-31)7-12-30(13-8-25)11-6-24(2,3)4/h16H,6-15,17H2,1-5H3. The molecule has 0 aromatic carbocycles. The number of carbonyl (C=O) groups is 1. The minimum absolute atomic E-state index is 0.115. The van der Waals surface area contributed by atoms with Crippen LogP contribution in [-0.4, -0.2) is 63.4 Å². The zero-order valence-corrected chi connectivity index (χ0v) is 21.5. The Kier molecular flexibility index (Phi) is 6.92. The first-order valence-corrected chi connectivity index (χ1v) is 12.6. The molecule has 4 heterocycles. The van der Waals surface area contributed by atoms with Crippen LogP contribution in [0.25, 0.3) is 11.4 Å². The topological polar surface area (TPSA) is 67.4 Å². The molecule has 0 saturated carbocycles. The molecule has 2 aliphatic heterocycles. The van der Waals surface area contributed by atoms with Crippen molar-refractivity contribution in [3.8, 4) is 11.4 Å². The van der Waals surface area contributed by atoms with Gasteiger partial charge in [0.05, 0.1) is 6.42 Å². The third-order valence-corrected chi connectivity index (χ3v) is 8.01. The number of piperidine rings is 2. The second-order valence-corrected chi connectivity index (χ2v) is 11.6. The Hall–Kier alpha value is -1.86. The van der Waals surface area contributed by atoms with Crippen LogP contribution in [0, 0.1) is 17.8 Å². The van der Waals surface area contributed by atoms with E-state index in [0.29, 0.717) is 33.1 Å². The maximum Gasteiger partial charge on any atom is 0.227 e.